The van der Waals surface area contributed by atoms with Crippen LogP contribution in [0.1, 0.15) is 55.5 Å². The second-order valence-electron chi connectivity index (χ2n) is 10.1. The molecule has 0 spiro atoms. The van der Waals surface area contributed by atoms with Gasteiger partial charge in [0, 0.05) is 23.3 Å². The molecule has 0 aliphatic heterocycles. The molecule has 170 valence electrons. The third-order valence-corrected chi connectivity index (χ3v) is 7.47. The molecule has 2 unspecified atom stereocenters. The summed E-state index contributed by atoms with van der Waals surface area (Å²) in [4.78, 5) is 15.7. The minimum absolute atomic E-state index is 0.147. The summed E-state index contributed by atoms with van der Waals surface area (Å²) in [5, 5.41) is 16.1. The number of aromatic carboxylic acids is 1. The van der Waals surface area contributed by atoms with Gasteiger partial charge in [0.1, 0.15) is 11.4 Å². The van der Waals surface area contributed by atoms with E-state index in [0.29, 0.717) is 11.2 Å². The van der Waals surface area contributed by atoms with E-state index in [9.17, 15) is 9.90 Å². The summed E-state index contributed by atoms with van der Waals surface area (Å²) in [5.74, 6) is 1.72. The van der Waals surface area contributed by atoms with Gasteiger partial charge in [0.05, 0.1) is 0 Å². The van der Waals surface area contributed by atoms with Crippen molar-refractivity contribution in [3.63, 3.8) is 0 Å². The molecule has 5 rings (SSSR count). The molecule has 2 saturated carbocycles. The molecule has 1 aromatic heterocycles. The maximum Gasteiger partial charge on any atom is 0.339 e. The molecule has 33 heavy (non-hydrogen) atoms. The molecule has 0 radical (unpaired) electrons. The fourth-order valence-corrected chi connectivity index (χ4v) is 6.38. The number of benzene rings is 2. The molecule has 2 fully saturated rings. The van der Waals surface area contributed by atoms with Crippen LogP contribution in [0.2, 0.25) is 0 Å². The number of hydrogen-bond acceptors (Lipinski definition) is 4. The molecule has 3 aromatic rings. The number of carboxylic acid groups (broad SMARTS) is 1. The van der Waals surface area contributed by atoms with E-state index in [4.69, 9.17) is 0 Å². The Labute approximate surface area is 195 Å². The molecular weight excluding hydrogens is 410 g/mol. The number of carbonyl (C=O) groups is 1. The van der Waals surface area contributed by atoms with Crippen LogP contribution >= 0.6 is 0 Å². The fraction of sp³-hybridized carbons (Fsp3) is 0.357. The van der Waals surface area contributed by atoms with Gasteiger partial charge >= 0.3 is 5.97 Å². The van der Waals surface area contributed by atoms with Crippen LogP contribution < -0.4 is 10.6 Å². The van der Waals surface area contributed by atoms with Crippen molar-refractivity contribution in [1.29, 1.82) is 0 Å². The minimum Gasteiger partial charge on any atom is -0.478 e. The first-order valence-corrected chi connectivity index (χ1v) is 11.9. The number of nitrogens with one attached hydrogen (secondary N) is 2. The van der Waals surface area contributed by atoms with Gasteiger partial charge in [0.2, 0.25) is 0 Å². The van der Waals surface area contributed by atoms with Crippen LogP contribution in [0.25, 0.3) is 0 Å². The molecule has 5 nitrogen and oxygen atoms in total. The van der Waals surface area contributed by atoms with Gasteiger partial charge in [0.25, 0.3) is 0 Å². The van der Waals surface area contributed by atoms with E-state index >= 15 is 0 Å². The molecule has 3 N–H and O–H groups in total. The quantitative estimate of drug-likeness (QED) is 0.385. The lowest BCUT2D eigenvalue weighted by Gasteiger charge is -2.31. The minimum atomic E-state index is -1.00. The number of nitrogens with zero attached hydrogens (tertiary/aromatic N) is 1. The number of hydrogen-bond donors (Lipinski definition) is 3. The summed E-state index contributed by atoms with van der Waals surface area (Å²) in [5.41, 5.74) is 4.75. The summed E-state index contributed by atoms with van der Waals surface area (Å²) >= 11 is 0. The van der Waals surface area contributed by atoms with Crippen molar-refractivity contribution >= 4 is 28.8 Å². The standard InChI is InChI=1S/C28H31N3O2/c1-18-12-21-13-19(2)17-28(21,16-18)20-6-3-7-22(14-20)30-23-8-4-9-24(15-23)31-26-25(27(32)33)10-5-11-29-26/h3-11,14-15,18-19,21,30H,12-13,16-17H2,1-2H3,(H,29,31)(H,32,33). The van der Waals surface area contributed by atoms with E-state index in [-0.39, 0.29) is 5.56 Å². The van der Waals surface area contributed by atoms with Crippen molar-refractivity contribution in [1.82, 2.24) is 4.98 Å². The van der Waals surface area contributed by atoms with Crippen LogP contribution in [0.3, 0.4) is 0 Å². The largest absolute Gasteiger partial charge is 0.478 e. The van der Waals surface area contributed by atoms with Gasteiger partial charge in [0.15, 0.2) is 0 Å². The highest BCUT2D eigenvalue weighted by atomic mass is 16.4. The number of carboxylic acids is 1. The third kappa shape index (κ3) is 4.20. The Bertz CT molecular complexity index is 1160. The predicted octanol–water partition coefficient (Wildman–Crippen LogP) is 6.98. The number of rotatable bonds is 6. The Morgan fingerprint density at radius 3 is 2.24 bits per heavy atom. The Balaban J connectivity index is 1.38. The molecule has 2 aliphatic carbocycles. The van der Waals surface area contributed by atoms with Crippen molar-refractivity contribution in [3.05, 3.63) is 78.0 Å². The van der Waals surface area contributed by atoms with Gasteiger partial charge in [-0.1, -0.05) is 32.0 Å². The Morgan fingerprint density at radius 2 is 1.55 bits per heavy atom. The summed E-state index contributed by atoms with van der Waals surface area (Å²) in [6, 6.07) is 20.0. The van der Waals surface area contributed by atoms with Gasteiger partial charge in [-0.2, -0.15) is 0 Å². The van der Waals surface area contributed by atoms with E-state index in [1.165, 1.54) is 31.2 Å². The van der Waals surface area contributed by atoms with Gasteiger partial charge in [-0.05, 0) is 96.9 Å². The van der Waals surface area contributed by atoms with Gasteiger partial charge in [-0.3, -0.25) is 0 Å². The van der Waals surface area contributed by atoms with Crippen LogP contribution in [0.15, 0.2) is 66.9 Å². The van der Waals surface area contributed by atoms with Crippen LogP contribution in [0, 0.1) is 17.8 Å². The summed E-state index contributed by atoms with van der Waals surface area (Å²) < 4.78 is 0. The summed E-state index contributed by atoms with van der Waals surface area (Å²) in [6.07, 6.45) is 6.87. The van der Waals surface area contributed by atoms with E-state index in [1.54, 1.807) is 18.3 Å². The van der Waals surface area contributed by atoms with Crippen molar-refractivity contribution in [2.24, 2.45) is 17.8 Å². The van der Waals surface area contributed by atoms with E-state index in [2.05, 4.69) is 53.7 Å². The van der Waals surface area contributed by atoms with Crippen molar-refractivity contribution in [2.45, 2.75) is 44.9 Å². The highest BCUT2D eigenvalue weighted by Crippen LogP contribution is 2.59. The van der Waals surface area contributed by atoms with Gasteiger partial charge in [-0.25, -0.2) is 9.78 Å². The molecule has 2 aliphatic rings. The lowest BCUT2D eigenvalue weighted by molar-refractivity contribution is 0.0697. The average Bonchev–Trinajstić information content (AvgIpc) is 3.26. The average molecular weight is 442 g/mol. The number of fused-ring (bicyclic) bond motifs is 1. The monoisotopic (exact) mass is 441 g/mol. The van der Waals surface area contributed by atoms with Crippen LogP contribution in [-0.4, -0.2) is 16.1 Å². The third-order valence-electron chi connectivity index (χ3n) is 7.47. The van der Waals surface area contributed by atoms with E-state index in [1.807, 2.05) is 24.3 Å². The molecule has 0 bridgehead atoms. The first kappa shape index (κ1) is 21.5. The molecule has 1 heterocycles. The topological polar surface area (TPSA) is 74.2 Å². The summed E-state index contributed by atoms with van der Waals surface area (Å²) in [7, 11) is 0. The first-order chi connectivity index (χ1) is 15.9. The lowest BCUT2D eigenvalue weighted by atomic mass is 9.73. The predicted molar refractivity (Wildman–Crippen MR) is 133 cm³/mol. The number of aromatic nitrogens is 1. The SMILES string of the molecule is CC1CC2CC(C)CC2(c2cccc(Nc3cccc(Nc4ncccc4C(=O)O)c3)c2)C1. The zero-order valence-corrected chi connectivity index (χ0v) is 19.2. The zero-order valence-electron chi connectivity index (χ0n) is 19.2. The van der Waals surface area contributed by atoms with E-state index in [0.717, 1.165) is 34.8 Å². The Morgan fingerprint density at radius 1 is 0.909 bits per heavy atom. The maximum absolute atomic E-state index is 11.5. The normalized spacial score (nSPS) is 26.1. The lowest BCUT2D eigenvalue weighted by Crippen LogP contribution is -2.25. The van der Waals surface area contributed by atoms with Gasteiger partial charge < -0.3 is 15.7 Å². The van der Waals surface area contributed by atoms with Crippen molar-refractivity contribution in [3.8, 4) is 0 Å². The van der Waals surface area contributed by atoms with Crippen LogP contribution in [0.5, 0.6) is 0 Å². The number of anilines is 4. The van der Waals surface area contributed by atoms with Crippen LogP contribution in [-0.2, 0) is 5.41 Å². The second-order valence-corrected chi connectivity index (χ2v) is 10.1. The molecule has 2 aromatic carbocycles. The van der Waals surface area contributed by atoms with Crippen molar-refractivity contribution < 1.29 is 9.90 Å². The van der Waals surface area contributed by atoms with Crippen molar-refractivity contribution in [2.75, 3.05) is 10.6 Å². The van der Waals surface area contributed by atoms with Crippen LogP contribution in [0.4, 0.5) is 22.9 Å². The Kier molecular flexibility index (Phi) is 5.57. The second kappa shape index (κ2) is 8.54. The smallest absolute Gasteiger partial charge is 0.339 e. The maximum atomic E-state index is 11.5. The fourth-order valence-electron chi connectivity index (χ4n) is 6.38. The number of pyridine rings is 1. The Hall–Kier alpha value is -3.34. The molecule has 0 saturated heterocycles. The first-order valence-electron chi connectivity index (χ1n) is 11.9. The highest BCUT2D eigenvalue weighted by Gasteiger charge is 2.51. The van der Waals surface area contributed by atoms with E-state index < -0.39 is 5.97 Å². The molecule has 2 atom stereocenters. The summed E-state index contributed by atoms with van der Waals surface area (Å²) in [6.45, 7) is 4.81. The zero-order chi connectivity index (χ0) is 23.0. The molecule has 0 amide bonds. The molecule has 5 heteroatoms. The highest BCUT2D eigenvalue weighted by molar-refractivity contribution is 5.94. The van der Waals surface area contributed by atoms with Gasteiger partial charge in [-0.15, -0.1) is 0 Å². The molecular formula is C28H31N3O2.